The van der Waals surface area contributed by atoms with Gasteiger partial charge in [-0.05, 0) is 47.2 Å². The van der Waals surface area contributed by atoms with E-state index in [-0.39, 0.29) is 12.4 Å². The second-order valence-electron chi connectivity index (χ2n) is 7.38. The van der Waals surface area contributed by atoms with Crippen molar-refractivity contribution in [3.63, 3.8) is 0 Å². The van der Waals surface area contributed by atoms with Gasteiger partial charge in [0.1, 0.15) is 0 Å². The minimum Gasteiger partial charge on any atom is -0.454 e. The summed E-state index contributed by atoms with van der Waals surface area (Å²) in [6, 6.07) is 29.2. The number of fused-ring (bicyclic) bond motifs is 1. The Morgan fingerprint density at radius 3 is 2.09 bits per heavy atom. The first kappa shape index (κ1) is 20.3. The number of hydrogen-bond donors (Lipinski definition) is 0. The first-order valence-corrected chi connectivity index (χ1v) is 10.4. The van der Waals surface area contributed by atoms with Crippen LogP contribution < -0.4 is 0 Å². The third kappa shape index (κ3) is 4.27. The van der Waals surface area contributed by atoms with Gasteiger partial charge in [0.05, 0.1) is 5.56 Å². The number of ketones is 1. The Balaban J connectivity index is 1.26. The maximum absolute atomic E-state index is 12.6. The molecule has 160 valence electrons. The number of carbonyl (C=O) groups excluding carboxylic acids is 2. The standard InChI is InChI=1S/C27H18N2O4/c30-24(23-12-6-10-18-7-4-5-11-22(18)23)17-32-27(31)21-15-13-20(14-16-21)26-29-28-25(33-26)19-8-2-1-3-9-19/h1-16H,17H2. The van der Waals surface area contributed by atoms with Gasteiger partial charge in [0, 0.05) is 16.7 Å². The van der Waals surface area contributed by atoms with Gasteiger partial charge in [-0.1, -0.05) is 60.7 Å². The van der Waals surface area contributed by atoms with Crippen molar-refractivity contribution in [1.29, 1.82) is 0 Å². The highest BCUT2D eigenvalue weighted by atomic mass is 16.5. The topological polar surface area (TPSA) is 82.3 Å². The Morgan fingerprint density at radius 2 is 1.33 bits per heavy atom. The zero-order chi connectivity index (χ0) is 22.6. The molecule has 0 amide bonds. The van der Waals surface area contributed by atoms with E-state index in [1.165, 1.54) is 0 Å². The third-order valence-corrected chi connectivity index (χ3v) is 5.24. The van der Waals surface area contributed by atoms with E-state index in [1.54, 1.807) is 30.3 Å². The lowest BCUT2D eigenvalue weighted by Crippen LogP contribution is -2.14. The predicted molar refractivity (Wildman–Crippen MR) is 124 cm³/mol. The first-order chi connectivity index (χ1) is 16.2. The molecule has 5 aromatic rings. The number of ether oxygens (including phenoxy) is 1. The van der Waals surface area contributed by atoms with Gasteiger partial charge in [-0.3, -0.25) is 4.79 Å². The fourth-order valence-electron chi connectivity index (χ4n) is 3.55. The molecule has 6 heteroatoms. The summed E-state index contributed by atoms with van der Waals surface area (Å²) >= 11 is 0. The summed E-state index contributed by atoms with van der Waals surface area (Å²) in [6.45, 7) is -0.335. The molecule has 4 aromatic carbocycles. The van der Waals surface area contributed by atoms with E-state index in [0.29, 0.717) is 28.5 Å². The van der Waals surface area contributed by atoms with Crippen molar-refractivity contribution in [2.45, 2.75) is 0 Å². The van der Waals surface area contributed by atoms with Gasteiger partial charge >= 0.3 is 5.97 Å². The molecule has 0 atom stereocenters. The summed E-state index contributed by atoms with van der Waals surface area (Å²) in [5.41, 5.74) is 2.36. The summed E-state index contributed by atoms with van der Waals surface area (Å²) in [7, 11) is 0. The number of carbonyl (C=O) groups is 2. The van der Waals surface area contributed by atoms with Gasteiger partial charge in [-0.25, -0.2) is 4.79 Å². The van der Waals surface area contributed by atoms with Gasteiger partial charge in [0.2, 0.25) is 17.6 Å². The fraction of sp³-hybridized carbons (Fsp3) is 0.0370. The Hall–Kier alpha value is -4.58. The van der Waals surface area contributed by atoms with Crippen LogP contribution in [0.3, 0.4) is 0 Å². The van der Waals surface area contributed by atoms with Crippen molar-refractivity contribution in [3.8, 4) is 22.9 Å². The number of nitrogens with zero attached hydrogens (tertiary/aromatic N) is 2. The van der Waals surface area contributed by atoms with Gasteiger partial charge in [0.25, 0.3) is 0 Å². The van der Waals surface area contributed by atoms with Crippen LogP contribution in [0.15, 0.2) is 101 Å². The normalized spacial score (nSPS) is 10.8. The van der Waals surface area contributed by atoms with Crippen molar-refractivity contribution in [1.82, 2.24) is 10.2 Å². The van der Waals surface area contributed by atoms with E-state index in [9.17, 15) is 9.59 Å². The van der Waals surface area contributed by atoms with Crippen LogP contribution in [-0.4, -0.2) is 28.6 Å². The molecule has 0 aliphatic heterocycles. The molecule has 0 aliphatic rings. The van der Waals surface area contributed by atoms with Gasteiger partial charge in [0.15, 0.2) is 6.61 Å². The fourth-order valence-corrected chi connectivity index (χ4v) is 3.55. The summed E-state index contributed by atoms with van der Waals surface area (Å²) < 4.78 is 11.0. The largest absolute Gasteiger partial charge is 0.454 e. The smallest absolute Gasteiger partial charge is 0.338 e. The molecule has 0 N–H and O–H groups in total. The van der Waals surface area contributed by atoms with Crippen LogP contribution >= 0.6 is 0 Å². The Morgan fingerprint density at radius 1 is 0.697 bits per heavy atom. The Labute approximate surface area is 189 Å². The molecule has 0 radical (unpaired) electrons. The van der Waals surface area contributed by atoms with Crippen molar-refractivity contribution in [3.05, 3.63) is 108 Å². The van der Waals surface area contributed by atoms with Crippen molar-refractivity contribution in [2.24, 2.45) is 0 Å². The van der Waals surface area contributed by atoms with E-state index < -0.39 is 5.97 Å². The molecule has 0 aliphatic carbocycles. The lowest BCUT2D eigenvalue weighted by atomic mass is 10.0. The average molecular weight is 434 g/mol. The van der Waals surface area contributed by atoms with Crippen LogP contribution in [0.2, 0.25) is 0 Å². The van der Waals surface area contributed by atoms with E-state index in [0.717, 1.165) is 16.3 Å². The Bertz CT molecular complexity index is 1440. The number of aromatic nitrogens is 2. The lowest BCUT2D eigenvalue weighted by Gasteiger charge is -2.07. The van der Waals surface area contributed by atoms with Crippen LogP contribution in [0, 0.1) is 0 Å². The van der Waals surface area contributed by atoms with E-state index in [1.807, 2.05) is 66.7 Å². The summed E-state index contributed by atoms with van der Waals surface area (Å²) in [4.78, 5) is 25.1. The Kier molecular flexibility index (Phi) is 5.47. The van der Waals surface area contributed by atoms with Gasteiger partial charge in [-0.15, -0.1) is 10.2 Å². The molecule has 0 bridgehead atoms. The first-order valence-electron chi connectivity index (χ1n) is 10.4. The molecular weight excluding hydrogens is 416 g/mol. The molecule has 0 unspecified atom stereocenters. The molecule has 0 saturated heterocycles. The molecule has 1 heterocycles. The number of rotatable bonds is 6. The molecule has 0 spiro atoms. The second-order valence-corrected chi connectivity index (χ2v) is 7.38. The van der Waals surface area contributed by atoms with Crippen LogP contribution in [0.1, 0.15) is 20.7 Å². The average Bonchev–Trinajstić information content (AvgIpc) is 3.38. The number of esters is 1. The maximum Gasteiger partial charge on any atom is 0.338 e. The minimum absolute atomic E-state index is 0.254. The number of hydrogen-bond acceptors (Lipinski definition) is 6. The molecular formula is C27H18N2O4. The highest BCUT2D eigenvalue weighted by molar-refractivity contribution is 6.09. The van der Waals surface area contributed by atoms with Gasteiger partial charge < -0.3 is 9.15 Å². The van der Waals surface area contributed by atoms with E-state index in [2.05, 4.69) is 10.2 Å². The van der Waals surface area contributed by atoms with Gasteiger partial charge in [-0.2, -0.15) is 0 Å². The molecule has 5 rings (SSSR count). The van der Waals surface area contributed by atoms with Crippen molar-refractivity contribution >= 4 is 22.5 Å². The molecule has 1 aromatic heterocycles. The number of Topliss-reactive ketones (excluding diaryl/α,β-unsaturated/α-hetero) is 1. The zero-order valence-corrected chi connectivity index (χ0v) is 17.5. The predicted octanol–water partition coefficient (Wildman–Crippen LogP) is 5.60. The maximum atomic E-state index is 12.6. The van der Waals surface area contributed by atoms with Crippen LogP contribution in [-0.2, 0) is 4.74 Å². The van der Waals surface area contributed by atoms with Crippen LogP contribution in [0.5, 0.6) is 0 Å². The van der Waals surface area contributed by atoms with Crippen molar-refractivity contribution in [2.75, 3.05) is 6.61 Å². The van der Waals surface area contributed by atoms with Crippen molar-refractivity contribution < 1.29 is 18.7 Å². The summed E-state index contributed by atoms with van der Waals surface area (Å²) in [6.07, 6.45) is 0. The quantitative estimate of drug-likeness (QED) is 0.256. The summed E-state index contributed by atoms with van der Waals surface area (Å²) in [5.74, 6) is -0.0670. The highest BCUT2D eigenvalue weighted by Gasteiger charge is 2.15. The lowest BCUT2D eigenvalue weighted by molar-refractivity contribution is 0.0475. The molecule has 6 nitrogen and oxygen atoms in total. The van der Waals surface area contributed by atoms with Crippen LogP contribution in [0.4, 0.5) is 0 Å². The van der Waals surface area contributed by atoms with Crippen LogP contribution in [0.25, 0.3) is 33.7 Å². The second kappa shape index (κ2) is 8.88. The molecule has 0 fully saturated rings. The van der Waals surface area contributed by atoms with E-state index >= 15 is 0 Å². The van der Waals surface area contributed by atoms with E-state index in [4.69, 9.17) is 9.15 Å². The SMILES string of the molecule is O=C(OCC(=O)c1cccc2ccccc12)c1ccc(-c2nnc(-c3ccccc3)o2)cc1. The highest BCUT2D eigenvalue weighted by Crippen LogP contribution is 2.24. The zero-order valence-electron chi connectivity index (χ0n) is 17.5. The third-order valence-electron chi connectivity index (χ3n) is 5.24. The molecule has 33 heavy (non-hydrogen) atoms. The monoisotopic (exact) mass is 434 g/mol. The molecule has 0 saturated carbocycles. The summed E-state index contributed by atoms with van der Waals surface area (Å²) in [5, 5.41) is 9.94. The minimum atomic E-state index is -0.578. The number of benzene rings is 4.